The zero-order valence-electron chi connectivity index (χ0n) is 22.5. The van der Waals surface area contributed by atoms with Gasteiger partial charge in [0.15, 0.2) is 0 Å². The highest BCUT2D eigenvalue weighted by Gasteiger charge is 2.33. The number of hydrogen-bond donors (Lipinski definition) is 1. The van der Waals surface area contributed by atoms with Crippen molar-refractivity contribution >= 4 is 50.1 Å². The number of benzene rings is 3. The maximum atomic E-state index is 14.0. The monoisotopic (exact) mass is 663 g/mol. The zero-order chi connectivity index (χ0) is 28.6. The largest absolute Gasteiger partial charge is 0.497 e. The Morgan fingerprint density at radius 2 is 1.64 bits per heavy atom. The Bertz CT molecular complexity index is 1370. The van der Waals surface area contributed by atoms with Crippen LogP contribution in [0.25, 0.3) is 0 Å². The van der Waals surface area contributed by atoms with Gasteiger partial charge in [-0.1, -0.05) is 37.3 Å². The summed E-state index contributed by atoms with van der Waals surface area (Å²) in [7, 11) is -2.53. The van der Waals surface area contributed by atoms with Crippen molar-refractivity contribution in [3.63, 3.8) is 0 Å². The SMILES string of the molecule is CC[C@H](C(=O)NC(C)C)N(Cc1cccc(OC)c1)C(=O)CN(c1ccc(I)cc1)S(=O)(=O)c1ccccc1. The van der Waals surface area contributed by atoms with Crippen molar-refractivity contribution in [3.8, 4) is 5.75 Å². The number of carbonyl (C=O) groups is 2. The molecule has 0 fully saturated rings. The van der Waals surface area contributed by atoms with Crippen LogP contribution in [0.15, 0.2) is 83.8 Å². The molecule has 3 rings (SSSR count). The summed E-state index contributed by atoms with van der Waals surface area (Å²) < 4.78 is 35.0. The Morgan fingerprint density at radius 3 is 2.23 bits per heavy atom. The standard InChI is InChI=1S/C29H34IN3O5S/c1-5-27(29(35)31-21(2)3)32(19-22-10-9-11-25(18-22)38-4)28(34)20-33(24-16-14-23(30)15-17-24)39(36,37)26-12-7-6-8-13-26/h6-18,21,27H,5,19-20H2,1-4H3,(H,31,35)/t27-/m1/s1. The Balaban J connectivity index is 2.05. The highest BCUT2D eigenvalue weighted by atomic mass is 127. The minimum atomic E-state index is -4.09. The van der Waals surface area contributed by atoms with Crippen LogP contribution >= 0.6 is 22.6 Å². The van der Waals surface area contributed by atoms with E-state index in [1.54, 1.807) is 61.7 Å². The molecule has 0 unspecified atom stereocenters. The van der Waals surface area contributed by atoms with Gasteiger partial charge in [-0.2, -0.15) is 0 Å². The van der Waals surface area contributed by atoms with Crippen molar-refractivity contribution in [1.29, 1.82) is 0 Å². The molecule has 0 saturated heterocycles. The maximum absolute atomic E-state index is 14.0. The predicted molar refractivity (Wildman–Crippen MR) is 161 cm³/mol. The Kier molecular flexibility index (Phi) is 10.8. The number of ether oxygens (including phenoxy) is 1. The smallest absolute Gasteiger partial charge is 0.264 e. The van der Waals surface area contributed by atoms with Gasteiger partial charge in [-0.3, -0.25) is 13.9 Å². The number of anilines is 1. The fourth-order valence-electron chi connectivity index (χ4n) is 4.12. The van der Waals surface area contributed by atoms with Crippen molar-refractivity contribution in [2.75, 3.05) is 18.0 Å². The molecule has 0 aliphatic heterocycles. The van der Waals surface area contributed by atoms with Gasteiger partial charge in [0.25, 0.3) is 10.0 Å². The lowest BCUT2D eigenvalue weighted by Crippen LogP contribution is -2.53. The molecule has 0 heterocycles. The van der Waals surface area contributed by atoms with Gasteiger partial charge in [-0.05, 0) is 97.0 Å². The van der Waals surface area contributed by atoms with Crippen LogP contribution in [0.3, 0.4) is 0 Å². The minimum Gasteiger partial charge on any atom is -0.497 e. The predicted octanol–water partition coefficient (Wildman–Crippen LogP) is 4.83. The summed E-state index contributed by atoms with van der Waals surface area (Å²) in [5.74, 6) is -0.177. The number of hydrogen-bond acceptors (Lipinski definition) is 5. The van der Waals surface area contributed by atoms with Crippen LogP contribution in [0.2, 0.25) is 0 Å². The van der Waals surface area contributed by atoms with Crippen molar-refractivity contribution in [2.45, 2.75) is 50.7 Å². The highest BCUT2D eigenvalue weighted by molar-refractivity contribution is 14.1. The summed E-state index contributed by atoms with van der Waals surface area (Å²) in [5.41, 5.74) is 1.11. The second-order valence-electron chi connectivity index (χ2n) is 9.26. The topological polar surface area (TPSA) is 96.0 Å². The molecule has 0 spiro atoms. The summed E-state index contributed by atoms with van der Waals surface area (Å²) in [5, 5.41) is 2.89. The number of nitrogens with one attached hydrogen (secondary N) is 1. The highest BCUT2D eigenvalue weighted by Crippen LogP contribution is 2.26. The molecule has 3 aromatic carbocycles. The zero-order valence-corrected chi connectivity index (χ0v) is 25.5. The van der Waals surface area contributed by atoms with Gasteiger partial charge in [-0.15, -0.1) is 0 Å². The van der Waals surface area contributed by atoms with Crippen molar-refractivity contribution in [3.05, 3.63) is 88.0 Å². The van der Waals surface area contributed by atoms with Crippen LogP contribution in [0.5, 0.6) is 5.75 Å². The summed E-state index contributed by atoms with van der Waals surface area (Å²) >= 11 is 2.14. The number of methoxy groups -OCH3 is 1. The number of carbonyl (C=O) groups excluding carboxylic acids is 2. The van der Waals surface area contributed by atoms with Crippen molar-refractivity contribution in [1.82, 2.24) is 10.2 Å². The molecule has 39 heavy (non-hydrogen) atoms. The molecular formula is C29H34IN3O5S. The summed E-state index contributed by atoms with van der Waals surface area (Å²) in [4.78, 5) is 28.7. The fraction of sp³-hybridized carbons (Fsp3) is 0.310. The van der Waals surface area contributed by atoms with Gasteiger partial charge in [0.1, 0.15) is 18.3 Å². The van der Waals surface area contributed by atoms with E-state index in [1.165, 1.54) is 17.0 Å². The minimum absolute atomic E-state index is 0.0697. The van der Waals surface area contributed by atoms with Gasteiger partial charge in [0, 0.05) is 16.2 Å². The summed E-state index contributed by atoms with van der Waals surface area (Å²) in [6.45, 7) is 5.15. The van der Waals surface area contributed by atoms with E-state index in [1.807, 2.05) is 32.9 Å². The Morgan fingerprint density at radius 1 is 0.974 bits per heavy atom. The summed E-state index contributed by atoms with van der Waals surface area (Å²) in [6.07, 6.45) is 0.350. The van der Waals surface area contributed by atoms with Crippen LogP contribution in [-0.4, -0.2) is 50.9 Å². The molecule has 0 radical (unpaired) electrons. The van der Waals surface area contributed by atoms with E-state index >= 15 is 0 Å². The molecule has 1 atom stereocenters. The van der Waals surface area contributed by atoms with E-state index in [-0.39, 0.29) is 23.4 Å². The van der Waals surface area contributed by atoms with Crippen LogP contribution in [0, 0.1) is 3.57 Å². The molecule has 8 nitrogen and oxygen atoms in total. The lowest BCUT2D eigenvalue weighted by Gasteiger charge is -2.33. The first-order valence-electron chi connectivity index (χ1n) is 12.6. The molecule has 3 aromatic rings. The summed E-state index contributed by atoms with van der Waals surface area (Å²) in [6, 6.07) is 21.2. The molecule has 0 saturated carbocycles. The Hall–Kier alpha value is -3.12. The lowest BCUT2D eigenvalue weighted by atomic mass is 10.1. The van der Waals surface area contributed by atoms with Crippen LogP contribution in [0.4, 0.5) is 5.69 Å². The molecule has 2 amide bonds. The molecule has 0 aliphatic carbocycles. The number of rotatable bonds is 12. The third-order valence-corrected chi connectivity index (χ3v) is 8.54. The second kappa shape index (κ2) is 13.8. The van der Waals surface area contributed by atoms with Crippen molar-refractivity contribution in [2.24, 2.45) is 0 Å². The van der Waals surface area contributed by atoms with Crippen LogP contribution < -0.4 is 14.4 Å². The van der Waals surface area contributed by atoms with E-state index in [4.69, 9.17) is 4.74 Å². The maximum Gasteiger partial charge on any atom is 0.264 e. The lowest BCUT2D eigenvalue weighted by molar-refractivity contribution is -0.140. The third-order valence-electron chi connectivity index (χ3n) is 6.03. The first kappa shape index (κ1) is 30.4. The Labute approximate surface area is 244 Å². The first-order valence-corrected chi connectivity index (χ1v) is 15.1. The number of amides is 2. The number of sulfonamides is 1. The molecule has 10 heteroatoms. The number of halogens is 1. The third kappa shape index (κ3) is 7.95. The second-order valence-corrected chi connectivity index (χ2v) is 12.4. The first-order chi connectivity index (χ1) is 18.6. The molecule has 0 aromatic heterocycles. The molecule has 0 aliphatic rings. The van der Waals surface area contributed by atoms with Gasteiger partial charge >= 0.3 is 0 Å². The number of nitrogens with zero attached hydrogens (tertiary/aromatic N) is 2. The molecule has 208 valence electrons. The van der Waals surface area contributed by atoms with E-state index in [0.29, 0.717) is 17.9 Å². The van der Waals surface area contributed by atoms with Gasteiger partial charge in [-0.25, -0.2) is 8.42 Å². The van der Waals surface area contributed by atoms with E-state index in [0.717, 1.165) is 13.4 Å². The normalized spacial score (nSPS) is 12.1. The van der Waals surface area contributed by atoms with Crippen LogP contribution in [0.1, 0.15) is 32.8 Å². The van der Waals surface area contributed by atoms with E-state index < -0.39 is 28.5 Å². The van der Waals surface area contributed by atoms with Gasteiger partial charge in [0.05, 0.1) is 17.7 Å². The average molecular weight is 664 g/mol. The quantitative estimate of drug-likeness (QED) is 0.281. The fourth-order valence-corrected chi connectivity index (χ4v) is 5.92. The molecule has 0 bridgehead atoms. The average Bonchev–Trinajstić information content (AvgIpc) is 2.92. The van der Waals surface area contributed by atoms with Crippen molar-refractivity contribution < 1.29 is 22.7 Å². The van der Waals surface area contributed by atoms with Gasteiger partial charge < -0.3 is 15.0 Å². The molecule has 1 N–H and O–H groups in total. The van der Waals surface area contributed by atoms with E-state index in [2.05, 4.69) is 27.9 Å². The van der Waals surface area contributed by atoms with Crippen LogP contribution in [-0.2, 0) is 26.2 Å². The van der Waals surface area contributed by atoms with Gasteiger partial charge in [0.2, 0.25) is 11.8 Å². The molecular weight excluding hydrogens is 629 g/mol. The van der Waals surface area contributed by atoms with E-state index in [9.17, 15) is 18.0 Å².